The Balaban J connectivity index is 3.07. The van der Waals surface area contributed by atoms with E-state index in [0.717, 1.165) is 6.92 Å². The summed E-state index contributed by atoms with van der Waals surface area (Å²) in [5, 5.41) is 0.381. The molecule has 5 heteroatoms. The molecule has 0 radical (unpaired) electrons. The Kier molecular flexibility index (Phi) is 3.83. The Hall–Kier alpha value is -0.930. The average Bonchev–Trinajstić information content (AvgIpc) is 2.15. The van der Waals surface area contributed by atoms with Gasteiger partial charge in [-0.3, -0.25) is 9.59 Å². The number of carbonyl (C=O) groups excluding carboxylic acids is 2. The molecule has 0 aromatic heterocycles. The zero-order valence-corrected chi connectivity index (χ0v) is 9.27. The summed E-state index contributed by atoms with van der Waals surface area (Å²) in [6, 6.07) is 4.03. The zero-order chi connectivity index (χ0) is 11.6. The van der Waals surface area contributed by atoms with Gasteiger partial charge in [0.2, 0.25) is 12.0 Å². The molecule has 0 heterocycles. The van der Waals surface area contributed by atoms with E-state index in [1.165, 1.54) is 18.2 Å². The minimum atomic E-state index is -2.16. The van der Waals surface area contributed by atoms with Crippen molar-refractivity contribution in [3.63, 3.8) is 0 Å². The van der Waals surface area contributed by atoms with Gasteiger partial charge in [-0.25, -0.2) is 4.39 Å². The van der Waals surface area contributed by atoms with E-state index in [-0.39, 0.29) is 10.6 Å². The Bertz CT molecular complexity index is 418. The summed E-state index contributed by atoms with van der Waals surface area (Å²) < 4.78 is 13.1. The quantitative estimate of drug-likeness (QED) is 0.609. The predicted molar refractivity (Wildman–Crippen MR) is 56.4 cm³/mol. The molecule has 2 nitrogen and oxygen atoms in total. The molecule has 1 unspecified atom stereocenters. The number of benzene rings is 1. The molecular weight excluding hydrogens is 242 g/mol. The first kappa shape index (κ1) is 12.1. The van der Waals surface area contributed by atoms with Crippen LogP contribution in [0.2, 0.25) is 10.0 Å². The van der Waals surface area contributed by atoms with Crippen LogP contribution in [0.25, 0.3) is 0 Å². The number of alkyl halides is 1. The number of hydrogen-bond donors (Lipinski definition) is 0. The maximum absolute atomic E-state index is 13.1. The average molecular weight is 249 g/mol. The third-order valence-corrected chi connectivity index (χ3v) is 2.33. The summed E-state index contributed by atoms with van der Waals surface area (Å²) in [5.74, 6) is -1.78. The van der Waals surface area contributed by atoms with Crippen molar-refractivity contribution in [3.05, 3.63) is 33.8 Å². The highest BCUT2D eigenvalue weighted by molar-refractivity contribution is 6.37. The van der Waals surface area contributed by atoms with Gasteiger partial charge in [-0.05, 0) is 25.1 Å². The lowest BCUT2D eigenvalue weighted by Gasteiger charge is -2.05. The van der Waals surface area contributed by atoms with Crippen LogP contribution in [0.1, 0.15) is 17.3 Å². The predicted octanol–water partition coefficient (Wildman–Crippen LogP) is 3.10. The van der Waals surface area contributed by atoms with Crippen LogP contribution in [0.5, 0.6) is 0 Å². The molecule has 15 heavy (non-hydrogen) atoms. The SMILES string of the molecule is CC(=O)C(F)C(=O)c1ccc(Cl)cc1Cl. The summed E-state index contributed by atoms with van der Waals surface area (Å²) in [6.45, 7) is 1.01. The Morgan fingerprint density at radius 1 is 1.33 bits per heavy atom. The Morgan fingerprint density at radius 2 is 1.93 bits per heavy atom. The van der Waals surface area contributed by atoms with E-state index < -0.39 is 17.7 Å². The Labute approximate surface area is 96.0 Å². The van der Waals surface area contributed by atoms with E-state index in [9.17, 15) is 14.0 Å². The van der Waals surface area contributed by atoms with E-state index in [4.69, 9.17) is 23.2 Å². The third kappa shape index (κ3) is 2.76. The molecule has 0 saturated heterocycles. The first-order valence-corrected chi connectivity index (χ1v) is 4.83. The molecule has 0 aliphatic rings. The van der Waals surface area contributed by atoms with Gasteiger partial charge in [0.25, 0.3) is 0 Å². The molecule has 1 aromatic rings. The standard InChI is InChI=1S/C10H7Cl2FO2/c1-5(14)9(13)10(15)7-3-2-6(11)4-8(7)12/h2-4,9H,1H3. The number of rotatable bonds is 3. The number of carbonyl (C=O) groups is 2. The van der Waals surface area contributed by atoms with Gasteiger partial charge >= 0.3 is 0 Å². The second-order valence-corrected chi connectivity index (χ2v) is 3.81. The lowest BCUT2D eigenvalue weighted by Crippen LogP contribution is -2.23. The van der Waals surface area contributed by atoms with Crippen LogP contribution in [-0.4, -0.2) is 17.7 Å². The second kappa shape index (κ2) is 4.73. The highest BCUT2D eigenvalue weighted by atomic mass is 35.5. The van der Waals surface area contributed by atoms with Crippen LogP contribution in [0.4, 0.5) is 4.39 Å². The van der Waals surface area contributed by atoms with E-state index in [2.05, 4.69) is 0 Å². The summed E-state index contributed by atoms with van der Waals surface area (Å²) in [4.78, 5) is 22.1. The van der Waals surface area contributed by atoms with Crippen LogP contribution in [0, 0.1) is 0 Å². The van der Waals surface area contributed by atoms with Crippen LogP contribution >= 0.6 is 23.2 Å². The largest absolute Gasteiger partial charge is 0.296 e. The number of ketones is 2. The highest BCUT2D eigenvalue weighted by Gasteiger charge is 2.25. The van der Waals surface area contributed by atoms with Crippen molar-refractivity contribution in [1.82, 2.24) is 0 Å². The van der Waals surface area contributed by atoms with Gasteiger partial charge in [0.05, 0.1) is 5.02 Å². The van der Waals surface area contributed by atoms with Gasteiger partial charge in [0.15, 0.2) is 5.78 Å². The molecule has 0 saturated carbocycles. The third-order valence-electron chi connectivity index (χ3n) is 1.78. The van der Waals surface area contributed by atoms with Crippen molar-refractivity contribution in [3.8, 4) is 0 Å². The lowest BCUT2D eigenvalue weighted by molar-refractivity contribution is -0.120. The number of Topliss-reactive ketones (excluding diaryl/α,β-unsaturated/α-hetero) is 2. The fourth-order valence-electron chi connectivity index (χ4n) is 1.01. The van der Waals surface area contributed by atoms with Crippen LogP contribution in [0.15, 0.2) is 18.2 Å². The lowest BCUT2D eigenvalue weighted by atomic mass is 10.1. The van der Waals surface area contributed by atoms with Gasteiger partial charge in [0, 0.05) is 10.6 Å². The summed E-state index contributed by atoms with van der Waals surface area (Å²) in [6.07, 6.45) is -2.16. The summed E-state index contributed by atoms with van der Waals surface area (Å²) in [5.41, 5.74) is -0.0382. The van der Waals surface area contributed by atoms with Gasteiger partial charge < -0.3 is 0 Å². The van der Waals surface area contributed by atoms with Crippen LogP contribution in [-0.2, 0) is 4.79 Å². The molecule has 0 spiro atoms. The molecule has 1 atom stereocenters. The molecular formula is C10H7Cl2FO2. The van der Waals surface area contributed by atoms with Crippen molar-refractivity contribution in [2.45, 2.75) is 13.1 Å². The molecule has 0 N–H and O–H groups in total. The van der Waals surface area contributed by atoms with Gasteiger partial charge in [-0.15, -0.1) is 0 Å². The maximum atomic E-state index is 13.1. The molecule has 0 amide bonds. The van der Waals surface area contributed by atoms with Crippen molar-refractivity contribution >= 4 is 34.8 Å². The first-order chi connectivity index (χ1) is 6.93. The van der Waals surface area contributed by atoms with E-state index in [0.29, 0.717) is 5.02 Å². The van der Waals surface area contributed by atoms with Crippen LogP contribution in [0.3, 0.4) is 0 Å². The summed E-state index contributed by atoms with van der Waals surface area (Å²) in [7, 11) is 0. The van der Waals surface area contributed by atoms with Crippen molar-refractivity contribution < 1.29 is 14.0 Å². The molecule has 1 aromatic carbocycles. The van der Waals surface area contributed by atoms with Crippen molar-refractivity contribution in [2.24, 2.45) is 0 Å². The smallest absolute Gasteiger partial charge is 0.220 e. The number of hydrogen-bond acceptors (Lipinski definition) is 2. The molecule has 1 rings (SSSR count). The van der Waals surface area contributed by atoms with Gasteiger partial charge in [-0.1, -0.05) is 23.2 Å². The van der Waals surface area contributed by atoms with Crippen molar-refractivity contribution in [2.75, 3.05) is 0 Å². The zero-order valence-electron chi connectivity index (χ0n) is 7.76. The topological polar surface area (TPSA) is 34.1 Å². The van der Waals surface area contributed by atoms with Crippen LogP contribution < -0.4 is 0 Å². The fourth-order valence-corrected chi connectivity index (χ4v) is 1.51. The Morgan fingerprint density at radius 3 is 2.40 bits per heavy atom. The molecule has 0 fully saturated rings. The van der Waals surface area contributed by atoms with E-state index in [1.807, 2.05) is 0 Å². The summed E-state index contributed by atoms with van der Waals surface area (Å²) >= 11 is 11.3. The first-order valence-electron chi connectivity index (χ1n) is 4.07. The normalized spacial score (nSPS) is 12.3. The van der Waals surface area contributed by atoms with E-state index >= 15 is 0 Å². The fraction of sp³-hybridized carbons (Fsp3) is 0.200. The number of halogens is 3. The minimum absolute atomic E-state index is 0.0382. The van der Waals surface area contributed by atoms with E-state index in [1.54, 1.807) is 0 Å². The maximum Gasteiger partial charge on any atom is 0.220 e. The molecule has 0 bridgehead atoms. The second-order valence-electron chi connectivity index (χ2n) is 2.96. The molecule has 0 aliphatic heterocycles. The molecule has 80 valence electrons. The molecule has 0 aliphatic carbocycles. The van der Waals surface area contributed by atoms with Crippen molar-refractivity contribution in [1.29, 1.82) is 0 Å². The minimum Gasteiger partial charge on any atom is -0.296 e. The highest BCUT2D eigenvalue weighted by Crippen LogP contribution is 2.22. The van der Waals surface area contributed by atoms with Gasteiger partial charge in [-0.2, -0.15) is 0 Å². The van der Waals surface area contributed by atoms with Gasteiger partial charge in [0.1, 0.15) is 0 Å². The monoisotopic (exact) mass is 248 g/mol.